The third-order valence-electron chi connectivity index (χ3n) is 3.61. The first-order valence-electron chi connectivity index (χ1n) is 7.27. The molecule has 1 unspecified atom stereocenters. The van der Waals surface area contributed by atoms with Gasteiger partial charge in [0.2, 0.25) is 0 Å². The van der Waals surface area contributed by atoms with Crippen LogP contribution in [0.4, 0.5) is 0 Å². The molecule has 0 aliphatic carbocycles. The highest BCUT2D eigenvalue weighted by Gasteiger charge is 2.31. The summed E-state index contributed by atoms with van der Waals surface area (Å²) in [7, 11) is -1.63. The molecule has 0 aliphatic rings. The maximum Gasteiger partial charge on any atom is 0.121 e. The van der Waals surface area contributed by atoms with Crippen LogP contribution in [-0.4, -0.2) is 12.8 Å². The van der Waals surface area contributed by atoms with E-state index in [1.165, 1.54) is 5.56 Å². The SMILES string of the molecule is C[Si](C)(C)N(Cc1ccccc1)C(C#N)c1ccccc1. The van der Waals surface area contributed by atoms with Gasteiger partial charge >= 0.3 is 0 Å². The molecular formula is C18H22N2Si. The molecule has 2 nitrogen and oxygen atoms in total. The lowest BCUT2D eigenvalue weighted by molar-refractivity contribution is 0.369. The lowest BCUT2D eigenvalue weighted by Gasteiger charge is -2.37. The summed E-state index contributed by atoms with van der Waals surface area (Å²) in [5.74, 6) is 0. The fourth-order valence-electron chi connectivity index (χ4n) is 2.46. The molecule has 2 aromatic rings. The summed E-state index contributed by atoms with van der Waals surface area (Å²) in [6.07, 6.45) is 0. The van der Waals surface area contributed by atoms with Crippen LogP contribution in [0, 0.1) is 11.3 Å². The van der Waals surface area contributed by atoms with Gasteiger partial charge in [0.1, 0.15) is 14.3 Å². The largest absolute Gasteiger partial charge is 0.302 e. The lowest BCUT2D eigenvalue weighted by Crippen LogP contribution is -2.47. The van der Waals surface area contributed by atoms with E-state index in [1.807, 2.05) is 36.4 Å². The van der Waals surface area contributed by atoms with Crippen LogP contribution in [0.3, 0.4) is 0 Å². The first-order valence-corrected chi connectivity index (χ1v) is 10.7. The Morgan fingerprint density at radius 1 is 0.952 bits per heavy atom. The van der Waals surface area contributed by atoms with Crippen molar-refractivity contribution in [2.45, 2.75) is 32.2 Å². The van der Waals surface area contributed by atoms with Gasteiger partial charge in [0.05, 0.1) is 6.07 Å². The number of hydrogen-bond acceptors (Lipinski definition) is 2. The minimum Gasteiger partial charge on any atom is -0.302 e. The molecule has 0 saturated carbocycles. The van der Waals surface area contributed by atoms with E-state index in [1.54, 1.807) is 0 Å². The number of nitriles is 1. The van der Waals surface area contributed by atoms with E-state index in [0.29, 0.717) is 0 Å². The summed E-state index contributed by atoms with van der Waals surface area (Å²) in [6, 6.07) is 22.8. The Kier molecular flexibility index (Phi) is 4.95. The first kappa shape index (κ1) is 15.5. The molecule has 1 atom stereocenters. The predicted octanol–water partition coefficient (Wildman–Crippen LogP) is 4.59. The summed E-state index contributed by atoms with van der Waals surface area (Å²) >= 11 is 0. The van der Waals surface area contributed by atoms with Crippen molar-refractivity contribution in [1.82, 2.24) is 4.57 Å². The van der Waals surface area contributed by atoms with Gasteiger partial charge in [0, 0.05) is 6.54 Å². The zero-order valence-corrected chi connectivity index (χ0v) is 14.0. The predicted molar refractivity (Wildman–Crippen MR) is 90.1 cm³/mol. The summed E-state index contributed by atoms with van der Waals surface area (Å²) in [6.45, 7) is 7.71. The average Bonchev–Trinajstić information content (AvgIpc) is 2.48. The fourth-order valence-corrected chi connectivity index (χ4v) is 4.09. The van der Waals surface area contributed by atoms with Crippen LogP contribution in [0.25, 0.3) is 0 Å². The standard InChI is InChI=1S/C18H22N2Si/c1-21(2,3)20(15-16-10-6-4-7-11-16)18(14-19)17-12-8-5-9-13-17/h4-13,18H,15H2,1-3H3. The third kappa shape index (κ3) is 4.04. The van der Waals surface area contributed by atoms with Gasteiger partial charge in [-0.15, -0.1) is 0 Å². The van der Waals surface area contributed by atoms with E-state index in [0.717, 1.165) is 12.1 Å². The van der Waals surface area contributed by atoms with E-state index in [4.69, 9.17) is 0 Å². The van der Waals surface area contributed by atoms with Gasteiger partial charge in [-0.3, -0.25) is 0 Å². The van der Waals surface area contributed by atoms with E-state index in [9.17, 15) is 5.26 Å². The van der Waals surface area contributed by atoms with Crippen molar-refractivity contribution in [3.05, 3.63) is 71.8 Å². The molecule has 0 aliphatic heterocycles. The number of hydrogen-bond donors (Lipinski definition) is 0. The molecule has 0 radical (unpaired) electrons. The smallest absolute Gasteiger partial charge is 0.121 e. The minimum atomic E-state index is -1.63. The summed E-state index contributed by atoms with van der Waals surface area (Å²) in [5, 5.41) is 9.72. The molecule has 0 fully saturated rings. The van der Waals surface area contributed by atoms with Crippen LogP contribution >= 0.6 is 0 Å². The van der Waals surface area contributed by atoms with Crippen LogP contribution in [0.2, 0.25) is 19.6 Å². The highest BCUT2D eigenvalue weighted by atomic mass is 28.3. The molecule has 0 N–H and O–H groups in total. The second-order valence-electron chi connectivity index (χ2n) is 6.23. The van der Waals surface area contributed by atoms with Crippen molar-refractivity contribution in [2.75, 3.05) is 0 Å². The Morgan fingerprint density at radius 3 is 1.95 bits per heavy atom. The fraction of sp³-hybridized carbons (Fsp3) is 0.278. The second-order valence-corrected chi connectivity index (χ2v) is 11.1. The van der Waals surface area contributed by atoms with E-state index in [-0.39, 0.29) is 6.04 Å². The van der Waals surface area contributed by atoms with Crippen LogP contribution in [0.15, 0.2) is 60.7 Å². The highest BCUT2D eigenvalue weighted by Crippen LogP contribution is 2.28. The summed E-state index contributed by atoms with van der Waals surface area (Å²) in [5.41, 5.74) is 2.34. The maximum absolute atomic E-state index is 9.72. The maximum atomic E-state index is 9.72. The van der Waals surface area contributed by atoms with Crippen molar-refractivity contribution in [3.63, 3.8) is 0 Å². The number of nitrogens with zero attached hydrogens (tertiary/aromatic N) is 2. The Bertz CT molecular complexity index is 597. The molecular weight excluding hydrogens is 272 g/mol. The Hall–Kier alpha value is -1.89. The first-order chi connectivity index (χ1) is 10.0. The van der Waals surface area contributed by atoms with Crippen LogP contribution in [0.1, 0.15) is 17.2 Å². The molecule has 0 bridgehead atoms. The quantitative estimate of drug-likeness (QED) is 0.754. The zero-order valence-electron chi connectivity index (χ0n) is 13.0. The molecule has 2 rings (SSSR count). The number of rotatable bonds is 5. The van der Waals surface area contributed by atoms with E-state index >= 15 is 0 Å². The molecule has 0 amide bonds. The average molecular weight is 294 g/mol. The number of benzene rings is 2. The zero-order chi connectivity index (χ0) is 15.3. The van der Waals surface area contributed by atoms with Gasteiger partial charge in [-0.2, -0.15) is 5.26 Å². The molecule has 0 aromatic heterocycles. The lowest BCUT2D eigenvalue weighted by atomic mass is 10.1. The minimum absolute atomic E-state index is 0.182. The van der Waals surface area contributed by atoms with Gasteiger partial charge in [-0.25, -0.2) is 0 Å². The topological polar surface area (TPSA) is 27.0 Å². The van der Waals surface area contributed by atoms with Gasteiger partial charge in [-0.05, 0) is 11.1 Å². The van der Waals surface area contributed by atoms with Crippen molar-refractivity contribution in [2.24, 2.45) is 0 Å². The molecule has 0 spiro atoms. The van der Waals surface area contributed by atoms with Crippen LogP contribution in [0.5, 0.6) is 0 Å². The van der Waals surface area contributed by atoms with Gasteiger partial charge in [-0.1, -0.05) is 80.3 Å². The molecule has 0 saturated heterocycles. The van der Waals surface area contributed by atoms with E-state index in [2.05, 4.69) is 54.5 Å². The highest BCUT2D eigenvalue weighted by molar-refractivity contribution is 6.73. The molecule has 21 heavy (non-hydrogen) atoms. The Balaban J connectivity index is 2.34. The monoisotopic (exact) mass is 294 g/mol. The van der Waals surface area contributed by atoms with E-state index < -0.39 is 8.24 Å². The van der Waals surface area contributed by atoms with Crippen molar-refractivity contribution >= 4 is 8.24 Å². The van der Waals surface area contributed by atoms with Gasteiger partial charge in [0.25, 0.3) is 0 Å². The third-order valence-corrected chi connectivity index (χ3v) is 5.75. The van der Waals surface area contributed by atoms with Gasteiger partial charge in [0.15, 0.2) is 0 Å². The van der Waals surface area contributed by atoms with Crippen molar-refractivity contribution in [1.29, 1.82) is 5.26 Å². The summed E-state index contributed by atoms with van der Waals surface area (Å²) in [4.78, 5) is 0. The van der Waals surface area contributed by atoms with Gasteiger partial charge < -0.3 is 4.57 Å². The molecule has 3 heteroatoms. The second kappa shape index (κ2) is 6.71. The van der Waals surface area contributed by atoms with Crippen molar-refractivity contribution in [3.8, 4) is 6.07 Å². The Labute approximate surface area is 128 Å². The van der Waals surface area contributed by atoms with Crippen LogP contribution in [-0.2, 0) is 6.54 Å². The molecule has 108 valence electrons. The molecule has 0 heterocycles. The van der Waals surface area contributed by atoms with Crippen LogP contribution < -0.4 is 0 Å². The molecule has 2 aromatic carbocycles. The van der Waals surface area contributed by atoms with Crippen molar-refractivity contribution < 1.29 is 0 Å². The Morgan fingerprint density at radius 2 is 1.48 bits per heavy atom. The summed E-state index contributed by atoms with van der Waals surface area (Å²) < 4.78 is 2.39. The normalized spacial score (nSPS) is 12.9.